The van der Waals surface area contributed by atoms with Gasteiger partial charge in [0.1, 0.15) is 0 Å². The van der Waals surface area contributed by atoms with Gasteiger partial charge in [0, 0.05) is 12.1 Å². The number of halogens is 1. The van der Waals surface area contributed by atoms with Gasteiger partial charge in [-0.3, -0.25) is 0 Å². The van der Waals surface area contributed by atoms with E-state index < -0.39 is 0 Å². The monoisotopic (exact) mass is 235 g/mol. The molecule has 3 heteroatoms. The van der Waals surface area contributed by atoms with Crippen molar-refractivity contribution in [2.75, 3.05) is 7.11 Å². The quantitative estimate of drug-likeness (QED) is 0.851. The van der Waals surface area contributed by atoms with E-state index in [9.17, 15) is 4.39 Å². The number of nitrogens with one attached hydrogen (secondary N) is 1. The number of fused-ring (bicyclic) bond motifs is 2. The molecule has 2 saturated heterocycles. The van der Waals surface area contributed by atoms with Crippen molar-refractivity contribution in [1.82, 2.24) is 5.32 Å². The molecular weight excluding hydrogens is 217 g/mol. The lowest BCUT2D eigenvalue weighted by Gasteiger charge is -2.29. The Hall–Kier alpha value is -1.09. The first-order valence-electron chi connectivity index (χ1n) is 6.36. The molecule has 1 aromatic rings. The van der Waals surface area contributed by atoms with Gasteiger partial charge in [-0.05, 0) is 43.2 Å². The van der Waals surface area contributed by atoms with Crippen LogP contribution >= 0.6 is 0 Å². The van der Waals surface area contributed by atoms with Gasteiger partial charge in [-0.25, -0.2) is 4.39 Å². The van der Waals surface area contributed by atoms with Crippen molar-refractivity contribution in [3.63, 3.8) is 0 Å². The summed E-state index contributed by atoms with van der Waals surface area (Å²) in [5.74, 6) is 0.554. The molecule has 92 valence electrons. The molecule has 2 nitrogen and oxygen atoms in total. The molecule has 2 aliphatic rings. The van der Waals surface area contributed by atoms with Crippen molar-refractivity contribution in [1.29, 1.82) is 0 Å². The molecule has 0 aliphatic carbocycles. The second-order valence-corrected chi connectivity index (χ2v) is 5.17. The number of methoxy groups -OCH3 is 1. The van der Waals surface area contributed by atoms with Crippen molar-refractivity contribution in [3.8, 4) is 5.75 Å². The lowest BCUT2D eigenvalue weighted by molar-refractivity contribution is 0.346. The molecule has 3 rings (SSSR count). The first-order chi connectivity index (χ1) is 8.28. The summed E-state index contributed by atoms with van der Waals surface area (Å²) in [4.78, 5) is 0. The minimum Gasteiger partial charge on any atom is -0.494 e. The van der Waals surface area contributed by atoms with Crippen molar-refractivity contribution in [3.05, 3.63) is 29.6 Å². The normalized spacial score (nSPS) is 31.5. The van der Waals surface area contributed by atoms with Crippen LogP contribution in [-0.2, 0) is 0 Å². The average molecular weight is 235 g/mol. The van der Waals surface area contributed by atoms with Crippen molar-refractivity contribution < 1.29 is 9.13 Å². The van der Waals surface area contributed by atoms with E-state index in [1.165, 1.54) is 20.0 Å². The highest BCUT2D eigenvalue weighted by Crippen LogP contribution is 2.39. The van der Waals surface area contributed by atoms with Crippen LogP contribution in [0.15, 0.2) is 18.2 Å². The topological polar surface area (TPSA) is 21.3 Å². The SMILES string of the molecule is COc1cccc(C2CC3CCC(C2)N3)c1F. The smallest absolute Gasteiger partial charge is 0.168 e. The molecule has 2 bridgehead atoms. The number of benzene rings is 1. The first-order valence-corrected chi connectivity index (χ1v) is 6.36. The number of hydrogen-bond donors (Lipinski definition) is 1. The van der Waals surface area contributed by atoms with Crippen LogP contribution in [0.25, 0.3) is 0 Å². The van der Waals surface area contributed by atoms with Crippen LogP contribution in [0.4, 0.5) is 4.39 Å². The molecule has 0 aromatic heterocycles. The van der Waals surface area contributed by atoms with Gasteiger partial charge in [0.25, 0.3) is 0 Å². The van der Waals surface area contributed by atoms with E-state index in [4.69, 9.17) is 4.74 Å². The summed E-state index contributed by atoms with van der Waals surface area (Å²) in [6, 6.07) is 6.66. The summed E-state index contributed by atoms with van der Waals surface area (Å²) in [7, 11) is 1.52. The minimum atomic E-state index is -0.165. The Balaban J connectivity index is 1.89. The van der Waals surface area contributed by atoms with Crippen LogP contribution in [0.5, 0.6) is 5.75 Å². The minimum absolute atomic E-state index is 0.165. The van der Waals surface area contributed by atoms with Crippen LogP contribution in [0.2, 0.25) is 0 Å². The zero-order valence-corrected chi connectivity index (χ0v) is 10.1. The zero-order chi connectivity index (χ0) is 11.8. The molecule has 2 aliphatic heterocycles. The Bertz CT molecular complexity index is 409. The Kier molecular flexibility index (Phi) is 2.79. The Morgan fingerprint density at radius 3 is 2.59 bits per heavy atom. The second-order valence-electron chi connectivity index (χ2n) is 5.17. The van der Waals surface area contributed by atoms with Crippen LogP contribution < -0.4 is 10.1 Å². The maximum Gasteiger partial charge on any atom is 0.168 e. The van der Waals surface area contributed by atoms with Gasteiger partial charge < -0.3 is 10.1 Å². The second kappa shape index (κ2) is 4.30. The van der Waals surface area contributed by atoms with Crippen molar-refractivity contribution in [2.24, 2.45) is 0 Å². The van der Waals surface area contributed by atoms with Crippen molar-refractivity contribution in [2.45, 2.75) is 43.7 Å². The average Bonchev–Trinajstić information content (AvgIpc) is 2.68. The van der Waals surface area contributed by atoms with Gasteiger partial charge in [0.2, 0.25) is 0 Å². The fourth-order valence-electron chi connectivity index (χ4n) is 3.31. The van der Waals surface area contributed by atoms with Crippen molar-refractivity contribution >= 4 is 0 Å². The maximum absolute atomic E-state index is 14.2. The standard InChI is InChI=1S/C14H18FNO/c1-17-13-4-2-3-12(14(13)15)9-7-10-5-6-11(8-9)16-10/h2-4,9-11,16H,5-8H2,1H3. The van der Waals surface area contributed by atoms with Gasteiger partial charge >= 0.3 is 0 Å². The molecule has 2 fully saturated rings. The highest BCUT2D eigenvalue weighted by molar-refractivity contribution is 5.34. The molecule has 0 spiro atoms. The summed E-state index contributed by atoms with van der Waals surface area (Å²) < 4.78 is 19.2. The molecule has 1 N–H and O–H groups in total. The lowest BCUT2D eigenvalue weighted by Crippen LogP contribution is -2.37. The Morgan fingerprint density at radius 1 is 1.24 bits per heavy atom. The maximum atomic E-state index is 14.2. The van der Waals surface area contributed by atoms with E-state index >= 15 is 0 Å². The van der Waals surface area contributed by atoms with Crippen LogP contribution in [0.3, 0.4) is 0 Å². The molecule has 2 heterocycles. The third kappa shape index (κ3) is 1.93. The van der Waals surface area contributed by atoms with Crippen LogP contribution in [0.1, 0.15) is 37.2 Å². The molecule has 0 radical (unpaired) electrons. The Morgan fingerprint density at radius 2 is 1.94 bits per heavy atom. The van der Waals surface area contributed by atoms with Gasteiger partial charge in [0.15, 0.2) is 11.6 Å². The van der Waals surface area contributed by atoms with E-state index in [1.54, 1.807) is 6.07 Å². The molecule has 0 saturated carbocycles. The molecular formula is C14H18FNO. The van der Waals surface area contributed by atoms with E-state index in [0.29, 0.717) is 23.8 Å². The first kappa shape index (κ1) is 11.0. The summed E-state index contributed by atoms with van der Waals surface area (Å²) >= 11 is 0. The number of piperidine rings is 1. The fraction of sp³-hybridized carbons (Fsp3) is 0.571. The van der Waals surface area contributed by atoms with E-state index in [0.717, 1.165) is 18.4 Å². The summed E-state index contributed by atoms with van der Waals surface area (Å²) in [5.41, 5.74) is 0.836. The van der Waals surface area contributed by atoms with Crippen LogP contribution in [0, 0.1) is 5.82 Å². The van der Waals surface area contributed by atoms with Gasteiger partial charge in [0.05, 0.1) is 7.11 Å². The third-order valence-electron chi connectivity index (χ3n) is 4.13. The highest BCUT2D eigenvalue weighted by atomic mass is 19.1. The zero-order valence-electron chi connectivity index (χ0n) is 10.1. The number of hydrogen-bond acceptors (Lipinski definition) is 2. The molecule has 0 amide bonds. The lowest BCUT2D eigenvalue weighted by atomic mass is 9.86. The summed E-state index contributed by atoms with van der Waals surface area (Å²) in [6.45, 7) is 0. The fourth-order valence-corrected chi connectivity index (χ4v) is 3.31. The van der Waals surface area contributed by atoms with Gasteiger partial charge in [-0.15, -0.1) is 0 Å². The van der Waals surface area contributed by atoms with E-state index in [2.05, 4.69) is 5.32 Å². The predicted molar refractivity (Wildman–Crippen MR) is 64.9 cm³/mol. The third-order valence-corrected chi connectivity index (χ3v) is 4.13. The molecule has 1 aromatic carbocycles. The molecule has 17 heavy (non-hydrogen) atoms. The summed E-state index contributed by atoms with van der Waals surface area (Å²) in [5, 5.41) is 3.58. The molecule has 2 unspecified atom stereocenters. The number of ether oxygens (including phenoxy) is 1. The van der Waals surface area contributed by atoms with E-state index in [-0.39, 0.29) is 5.82 Å². The molecule has 2 atom stereocenters. The van der Waals surface area contributed by atoms with Crippen LogP contribution in [-0.4, -0.2) is 19.2 Å². The number of rotatable bonds is 2. The largest absolute Gasteiger partial charge is 0.494 e. The van der Waals surface area contributed by atoms with Gasteiger partial charge in [-0.2, -0.15) is 0 Å². The van der Waals surface area contributed by atoms with E-state index in [1.807, 2.05) is 12.1 Å². The van der Waals surface area contributed by atoms with Gasteiger partial charge in [-0.1, -0.05) is 12.1 Å². The summed E-state index contributed by atoms with van der Waals surface area (Å²) in [6.07, 6.45) is 4.60. The highest BCUT2D eigenvalue weighted by Gasteiger charge is 2.35. The predicted octanol–water partition coefficient (Wildman–Crippen LogP) is 2.83. The Labute approximate surface area is 101 Å².